The maximum atomic E-state index is 11.6. The first kappa shape index (κ1) is 14.1. The molecule has 0 aromatic carbocycles. The minimum absolute atomic E-state index is 0.0157. The van der Waals surface area contributed by atoms with Crippen LogP contribution in [0.4, 0.5) is 0 Å². The van der Waals surface area contributed by atoms with Crippen molar-refractivity contribution in [3.63, 3.8) is 0 Å². The third-order valence-corrected chi connectivity index (χ3v) is 3.60. The largest absolute Gasteiger partial charge is 0.367 e. The highest BCUT2D eigenvalue weighted by atomic mass is 35.5. The van der Waals surface area contributed by atoms with Crippen LogP contribution in [0.15, 0.2) is 24.5 Å². The number of alkyl halides is 1. The highest BCUT2D eigenvalue weighted by Gasteiger charge is 2.26. The fourth-order valence-corrected chi connectivity index (χ4v) is 2.29. The van der Waals surface area contributed by atoms with Crippen molar-refractivity contribution < 1.29 is 9.53 Å². The zero-order valence-electron chi connectivity index (χ0n) is 10.7. The molecule has 1 heterocycles. The van der Waals surface area contributed by atoms with Crippen LogP contribution in [0.2, 0.25) is 0 Å². The van der Waals surface area contributed by atoms with E-state index in [2.05, 4.69) is 21.9 Å². The van der Waals surface area contributed by atoms with E-state index in [9.17, 15) is 4.79 Å². The molecule has 0 radical (unpaired) electrons. The molecule has 1 saturated carbocycles. The maximum Gasteiger partial charge on any atom is 0.246 e. The number of imidazole rings is 1. The average molecular weight is 284 g/mol. The summed E-state index contributed by atoms with van der Waals surface area (Å²) in [7, 11) is 0. The van der Waals surface area contributed by atoms with Gasteiger partial charge in [0.05, 0.1) is 18.0 Å². The summed E-state index contributed by atoms with van der Waals surface area (Å²) >= 11 is 6.18. The molecule has 1 amide bonds. The van der Waals surface area contributed by atoms with E-state index in [4.69, 9.17) is 16.3 Å². The number of carbonyl (C=O) groups excluding carboxylic acids is 1. The van der Waals surface area contributed by atoms with Crippen molar-refractivity contribution >= 4 is 17.5 Å². The van der Waals surface area contributed by atoms with Crippen LogP contribution in [-0.4, -0.2) is 34.0 Å². The van der Waals surface area contributed by atoms with E-state index in [0.29, 0.717) is 6.54 Å². The third kappa shape index (κ3) is 4.36. The lowest BCUT2D eigenvalue weighted by atomic mass is 9.93. The molecule has 1 aromatic heterocycles. The average Bonchev–Trinajstić information content (AvgIpc) is 2.90. The predicted octanol–water partition coefficient (Wildman–Crippen LogP) is 1.76. The molecule has 0 bridgehead atoms. The van der Waals surface area contributed by atoms with E-state index in [1.165, 1.54) is 0 Å². The van der Waals surface area contributed by atoms with Gasteiger partial charge in [0.25, 0.3) is 0 Å². The van der Waals surface area contributed by atoms with Gasteiger partial charge in [0.2, 0.25) is 5.91 Å². The summed E-state index contributed by atoms with van der Waals surface area (Å²) in [6.07, 6.45) is 5.78. The molecule has 0 spiro atoms. The number of hydrogen-bond acceptors (Lipinski definition) is 3. The van der Waals surface area contributed by atoms with E-state index in [0.717, 1.165) is 30.7 Å². The lowest BCUT2D eigenvalue weighted by Crippen LogP contribution is -2.34. The molecule has 2 atom stereocenters. The molecular formula is C13H18ClN3O2. The van der Waals surface area contributed by atoms with Gasteiger partial charge in [-0.15, -0.1) is 11.6 Å². The van der Waals surface area contributed by atoms with Crippen LogP contribution in [0.1, 0.15) is 25.1 Å². The highest BCUT2D eigenvalue weighted by Crippen LogP contribution is 2.28. The Bertz CT molecular complexity index is 433. The highest BCUT2D eigenvalue weighted by molar-refractivity contribution is 6.21. The predicted molar refractivity (Wildman–Crippen MR) is 72.8 cm³/mol. The normalized spacial score (nSPS) is 23.3. The molecule has 6 heteroatoms. The molecule has 1 fully saturated rings. The van der Waals surface area contributed by atoms with Crippen molar-refractivity contribution in [1.82, 2.24) is 15.3 Å². The number of rotatable bonds is 5. The van der Waals surface area contributed by atoms with E-state index >= 15 is 0 Å². The Morgan fingerprint density at radius 2 is 2.53 bits per heavy atom. The summed E-state index contributed by atoms with van der Waals surface area (Å²) in [5.41, 5.74) is 1.14. The number of carbonyl (C=O) groups is 1. The van der Waals surface area contributed by atoms with Gasteiger partial charge in [-0.2, -0.15) is 0 Å². The number of H-pyrrole nitrogens is 1. The zero-order chi connectivity index (χ0) is 13.7. The topological polar surface area (TPSA) is 67.0 Å². The molecule has 104 valence electrons. The molecule has 0 aliphatic heterocycles. The van der Waals surface area contributed by atoms with Crippen LogP contribution in [0, 0.1) is 0 Å². The van der Waals surface area contributed by atoms with E-state index in [1.54, 1.807) is 12.4 Å². The van der Waals surface area contributed by atoms with Gasteiger partial charge in [-0.1, -0.05) is 12.2 Å². The molecule has 1 aliphatic rings. The quantitative estimate of drug-likeness (QED) is 0.639. The first-order chi connectivity index (χ1) is 9.15. The van der Waals surface area contributed by atoms with Crippen molar-refractivity contribution in [2.75, 3.05) is 6.61 Å². The standard InChI is InChI=1S/C13H18ClN3O2/c1-9-2-3-10(14)11(6-9)19-8-13(18)17-7-12-15-4-5-16-12/h4-5,10-11H,1-3,6-8H2,(H,15,16)(H,17,18). The van der Waals surface area contributed by atoms with Gasteiger partial charge in [-0.25, -0.2) is 4.98 Å². The molecule has 2 unspecified atom stereocenters. The third-order valence-electron chi connectivity index (χ3n) is 3.10. The Morgan fingerprint density at radius 1 is 1.68 bits per heavy atom. The summed E-state index contributed by atoms with van der Waals surface area (Å²) in [5, 5.41) is 2.69. The van der Waals surface area contributed by atoms with Gasteiger partial charge in [-0.3, -0.25) is 4.79 Å². The van der Waals surface area contributed by atoms with Gasteiger partial charge < -0.3 is 15.0 Å². The van der Waals surface area contributed by atoms with Crippen molar-refractivity contribution in [2.24, 2.45) is 0 Å². The first-order valence-electron chi connectivity index (χ1n) is 6.32. The molecule has 19 heavy (non-hydrogen) atoms. The molecule has 5 nitrogen and oxygen atoms in total. The van der Waals surface area contributed by atoms with Crippen LogP contribution in [0.25, 0.3) is 0 Å². The van der Waals surface area contributed by atoms with Crippen LogP contribution < -0.4 is 5.32 Å². The molecule has 2 rings (SSSR count). The number of ether oxygens (including phenoxy) is 1. The maximum absolute atomic E-state index is 11.6. The van der Waals surface area contributed by atoms with E-state index < -0.39 is 0 Å². The number of hydrogen-bond donors (Lipinski definition) is 2. The minimum Gasteiger partial charge on any atom is -0.367 e. The molecule has 2 N–H and O–H groups in total. The second kappa shape index (κ2) is 6.73. The second-order valence-electron chi connectivity index (χ2n) is 4.67. The van der Waals surface area contributed by atoms with E-state index in [1.807, 2.05) is 0 Å². The number of nitrogens with one attached hydrogen (secondary N) is 2. The Hall–Kier alpha value is -1.33. The summed E-state index contributed by atoms with van der Waals surface area (Å²) < 4.78 is 5.56. The van der Waals surface area contributed by atoms with Gasteiger partial charge >= 0.3 is 0 Å². The van der Waals surface area contributed by atoms with Crippen LogP contribution in [-0.2, 0) is 16.1 Å². The first-order valence-corrected chi connectivity index (χ1v) is 6.76. The van der Waals surface area contributed by atoms with Gasteiger partial charge in [-0.05, 0) is 19.3 Å². The fraction of sp³-hybridized carbons (Fsp3) is 0.538. The SMILES string of the molecule is C=C1CCC(Cl)C(OCC(=O)NCc2ncc[nH]2)C1. The fourth-order valence-electron chi connectivity index (χ4n) is 2.02. The lowest BCUT2D eigenvalue weighted by Gasteiger charge is -2.28. The summed E-state index contributed by atoms with van der Waals surface area (Å²) in [4.78, 5) is 18.6. The van der Waals surface area contributed by atoms with Crippen molar-refractivity contribution in [2.45, 2.75) is 37.3 Å². The van der Waals surface area contributed by atoms with Crippen molar-refractivity contribution in [3.05, 3.63) is 30.4 Å². The summed E-state index contributed by atoms with van der Waals surface area (Å²) in [5.74, 6) is 0.547. The number of aromatic amines is 1. The smallest absolute Gasteiger partial charge is 0.246 e. The lowest BCUT2D eigenvalue weighted by molar-refractivity contribution is -0.128. The molecular weight excluding hydrogens is 266 g/mol. The van der Waals surface area contributed by atoms with Gasteiger partial charge in [0.1, 0.15) is 12.4 Å². The zero-order valence-corrected chi connectivity index (χ0v) is 11.4. The Labute approximate surface area is 117 Å². The molecule has 1 aromatic rings. The monoisotopic (exact) mass is 283 g/mol. The number of aromatic nitrogens is 2. The Kier molecular flexibility index (Phi) is 4.99. The van der Waals surface area contributed by atoms with Crippen LogP contribution in [0.3, 0.4) is 0 Å². The number of nitrogens with zero attached hydrogens (tertiary/aromatic N) is 1. The van der Waals surface area contributed by atoms with Crippen molar-refractivity contribution in [3.8, 4) is 0 Å². The Morgan fingerprint density at radius 3 is 3.26 bits per heavy atom. The Balaban J connectivity index is 1.69. The number of halogens is 1. The van der Waals surface area contributed by atoms with Crippen LogP contribution >= 0.6 is 11.6 Å². The van der Waals surface area contributed by atoms with Crippen molar-refractivity contribution in [1.29, 1.82) is 0 Å². The van der Waals surface area contributed by atoms with Gasteiger partial charge in [0.15, 0.2) is 0 Å². The summed E-state index contributed by atoms with van der Waals surface area (Å²) in [6.45, 7) is 4.33. The second-order valence-corrected chi connectivity index (χ2v) is 5.23. The summed E-state index contributed by atoms with van der Waals surface area (Å²) in [6, 6.07) is 0. The molecule has 1 aliphatic carbocycles. The number of amides is 1. The molecule has 0 saturated heterocycles. The van der Waals surface area contributed by atoms with Crippen LogP contribution in [0.5, 0.6) is 0 Å². The van der Waals surface area contributed by atoms with Gasteiger partial charge in [0, 0.05) is 12.4 Å². The van der Waals surface area contributed by atoms with E-state index in [-0.39, 0.29) is 24.0 Å². The minimum atomic E-state index is -0.170.